The van der Waals surface area contributed by atoms with Crippen LogP contribution in [0.5, 0.6) is 0 Å². The molecule has 0 aromatic rings. The van der Waals surface area contributed by atoms with Crippen LogP contribution in [0.15, 0.2) is 0 Å². The third kappa shape index (κ3) is 12.6. The first-order valence-corrected chi connectivity index (χ1v) is 5.82. The van der Waals surface area contributed by atoms with E-state index >= 15 is 0 Å². The molecule has 0 aliphatic rings. The van der Waals surface area contributed by atoms with Crippen LogP contribution < -0.4 is 5.73 Å². The van der Waals surface area contributed by atoms with Gasteiger partial charge in [-0.15, -0.1) is 0 Å². The van der Waals surface area contributed by atoms with Gasteiger partial charge < -0.3 is 15.9 Å². The van der Waals surface area contributed by atoms with Crippen molar-refractivity contribution in [1.82, 2.24) is 0 Å². The summed E-state index contributed by atoms with van der Waals surface area (Å²) in [6, 6.07) is -0.690. The number of hydrogen-bond acceptors (Lipinski definition) is 4. The van der Waals surface area contributed by atoms with Gasteiger partial charge in [0.25, 0.3) is 0 Å². The Labute approximate surface area is 107 Å². The van der Waals surface area contributed by atoms with Gasteiger partial charge in [-0.05, 0) is 18.3 Å². The summed E-state index contributed by atoms with van der Waals surface area (Å²) in [5, 5.41) is 16.4. The van der Waals surface area contributed by atoms with E-state index in [-0.39, 0.29) is 12.3 Å². The molecule has 0 aromatic heterocycles. The highest BCUT2D eigenvalue weighted by molar-refractivity contribution is 6.32. The van der Waals surface area contributed by atoms with E-state index in [0.29, 0.717) is 12.3 Å². The van der Waals surface area contributed by atoms with E-state index in [2.05, 4.69) is 0 Å². The maximum Gasteiger partial charge on any atom is 0.372 e. The molecule has 0 radical (unpaired) electrons. The van der Waals surface area contributed by atoms with Gasteiger partial charge in [0.1, 0.15) is 6.04 Å². The highest BCUT2D eigenvalue weighted by Crippen LogP contribution is 2.01. The Balaban J connectivity index is 0. The van der Waals surface area contributed by atoms with Crippen LogP contribution in [0.4, 0.5) is 0 Å². The first kappa shape index (κ1) is 18.9. The van der Waals surface area contributed by atoms with Crippen LogP contribution in [0.1, 0.15) is 40.5 Å². The van der Waals surface area contributed by atoms with Gasteiger partial charge in [0.05, 0.1) is 0 Å². The van der Waals surface area contributed by atoms with E-state index < -0.39 is 23.8 Å². The molecule has 18 heavy (non-hydrogen) atoms. The molecule has 0 fully saturated rings. The lowest BCUT2D eigenvalue weighted by molar-refractivity contribution is -0.149. The second-order valence-corrected chi connectivity index (χ2v) is 4.90. The van der Waals surface area contributed by atoms with Crippen LogP contribution in [0.2, 0.25) is 0 Å². The fourth-order valence-electron chi connectivity index (χ4n) is 1.07. The summed E-state index contributed by atoms with van der Waals surface area (Å²) in [7, 11) is 0. The van der Waals surface area contributed by atoms with Crippen molar-refractivity contribution < 1.29 is 24.6 Å². The number of carbonyl (C=O) groups excluding carboxylic acids is 1. The molecular formula is C12H23NO5. The third-order valence-electron chi connectivity index (χ3n) is 1.87. The van der Waals surface area contributed by atoms with Crippen LogP contribution in [0, 0.1) is 11.8 Å². The number of carboxylic acids is 2. The van der Waals surface area contributed by atoms with E-state index in [1.54, 1.807) is 13.8 Å². The Bertz CT molecular complexity index is 286. The fourth-order valence-corrected chi connectivity index (χ4v) is 1.07. The minimum absolute atomic E-state index is 0.133. The number of rotatable bonds is 6. The second-order valence-electron chi connectivity index (χ2n) is 4.90. The second kappa shape index (κ2) is 9.58. The topological polar surface area (TPSA) is 118 Å². The zero-order valence-corrected chi connectivity index (χ0v) is 11.3. The summed E-state index contributed by atoms with van der Waals surface area (Å²) in [6.45, 7) is 7.51. The summed E-state index contributed by atoms with van der Waals surface area (Å²) >= 11 is 0. The van der Waals surface area contributed by atoms with Crippen molar-refractivity contribution >= 4 is 17.7 Å². The number of Topliss-reactive ketones (excluding diaryl/α,β-unsaturated/α-hetero) is 1. The molecule has 1 atom stereocenters. The predicted octanol–water partition coefficient (Wildman–Crippen LogP) is 1.13. The maximum atomic E-state index is 10.4. The molecule has 0 saturated heterocycles. The average Bonchev–Trinajstić information content (AvgIpc) is 2.16. The first-order valence-electron chi connectivity index (χ1n) is 5.82. The van der Waals surface area contributed by atoms with E-state index in [4.69, 9.17) is 15.9 Å². The molecule has 0 amide bonds. The van der Waals surface area contributed by atoms with Crippen LogP contribution in [0.3, 0.4) is 0 Å². The average molecular weight is 261 g/mol. The molecule has 1 unspecified atom stereocenters. The molecule has 6 nitrogen and oxygen atoms in total. The van der Waals surface area contributed by atoms with Gasteiger partial charge in [-0.2, -0.15) is 0 Å². The smallest absolute Gasteiger partial charge is 0.372 e. The van der Waals surface area contributed by atoms with Gasteiger partial charge in [-0.3, -0.25) is 9.59 Å². The molecule has 0 saturated carbocycles. The molecule has 0 bridgehead atoms. The Kier molecular flexibility index (Phi) is 10.1. The highest BCUT2D eigenvalue weighted by atomic mass is 16.4. The molecule has 106 valence electrons. The minimum atomic E-state index is -1.33. The highest BCUT2D eigenvalue weighted by Gasteiger charge is 2.12. The van der Waals surface area contributed by atoms with Crippen LogP contribution in [-0.2, 0) is 14.4 Å². The van der Waals surface area contributed by atoms with E-state index in [1.165, 1.54) is 0 Å². The normalized spacial score (nSPS) is 11.7. The first-order chi connectivity index (χ1) is 8.07. The lowest BCUT2D eigenvalue weighted by atomic mass is 10.1. The molecular weight excluding hydrogens is 238 g/mol. The van der Waals surface area contributed by atoms with Crippen molar-refractivity contribution in [2.45, 2.75) is 46.6 Å². The fraction of sp³-hybridized carbons (Fsp3) is 0.750. The van der Waals surface area contributed by atoms with Crippen LogP contribution in [0.25, 0.3) is 0 Å². The summed E-state index contributed by atoms with van der Waals surface area (Å²) in [5.74, 6) is -2.46. The molecule has 0 spiro atoms. The third-order valence-corrected chi connectivity index (χ3v) is 1.87. The molecule has 6 heteroatoms. The van der Waals surface area contributed by atoms with Crippen molar-refractivity contribution in [3.8, 4) is 0 Å². The number of aliphatic carboxylic acids is 2. The zero-order chi connectivity index (χ0) is 14.9. The lowest BCUT2D eigenvalue weighted by Crippen LogP contribution is -2.31. The molecule has 0 aromatic carbocycles. The minimum Gasteiger partial charge on any atom is -0.480 e. The SMILES string of the molecule is CC(C)CC(=O)C(=O)O.CC(C)CC(N)C(=O)O. The van der Waals surface area contributed by atoms with Crippen LogP contribution in [-0.4, -0.2) is 34.0 Å². The molecule has 0 aliphatic carbocycles. The molecule has 4 N–H and O–H groups in total. The monoisotopic (exact) mass is 261 g/mol. The Hall–Kier alpha value is -1.43. The summed E-state index contributed by atoms with van der Waals surface area (Å²) in [4.78, 5) is 30.3. The Morgan fingerprint density at radius 3 is 1.56 bits per heavy atom. The molecule has 0 rings (SSSR count). The van der Waals surface area contributed by atoms with E-state index in [1.807, 2.05) is 13.8 Å². The molecule has 0 aliphatic heterocycles. The van der Waals surface area contributed by atoms with Crippen molar-refractivity contribution in [3.63, 3.8) is 0 Å². The van der Waals surface area contributed by atoms with Gasteiger partial charge >= 0.3 is 11.9 Å². The number of hydrogen-bond donors (Lipinski definition) is 3. The molecule has 0 heterocycles. The van der Waals surface area contributed by atoms with Gasteiger partial charge in [0.2, 0.25) is 5.78 Å². The van der Waals surface area contributed by atoms with Gasteiger partial charge in [-0.1, -0.05) is 27.7 Å². The number of nitrogens with two attached hydrogens (primary N) is 1. The summed E-state index contributed by atoms with van der Waals surface area (Å²) in [5.41, 5.74) is 5.22. The number of carboxylic acid groups (broad SMARTS) is 2. The number of carbonyl (C=O) groups is 3. The largest absolute Gasteiger partial charge is 0.480 e. The van der Waals surface area contributed by atoms with E-state index in [9.17, 15) is 14.4 Å². The van der Waals surface area contributed by atoms with Gasteiger partial charge in [0.15, 0.2) is 0 Å². The summed E-state index contributed by atoms with van der Waals surface area (Å²) in [6.07, 6.45) is 0.685. The number of ketones is 1. The van der Waals surface area contributed by atoms with Gasteiger partial charge in [0, 0.05) is 6.42 Å². The summed E-state index contributed by atoms with van der Waals surface area (Å²) < 4.78 is 0. The predicted molar refractivity (Wildman–Crippen MR) is 67.2 cm³/mol. The quantitative estimate of drug-likeness (QED) is 0.617. The van der Waals surface area contributed by atoms with Gasteiger partial charge in [-0.25, -0.2) is 4.79 Å². The van der Waals surface area contributed by atoms with Crippen molar-refractivity contribution in [3.05, 3.63) is 0 Å². The zero-order valence-electron chi connectivity index (χ0n) is 11.3. The van der Waals surface area contributed by atoms with Crippen LogP contribution >= 0.6 is 0 Å². The Morgan fingerprint density at radius 2 is 1.44 bits per heavy atom. The van der Waals surface area contributed by atoms with Crippen molar-refractivity contribution in [2.24, 2.45) is 17.6 Å². The van der Waals surface area contributed by atoms with Crippen molar-refractivity contribution in [2.75, 3.05) is 0 Å². The maximum absolute atomic E-state index is 10.4. The lowest BCUT2D eigenvalue weighted by Gasteiger charge is -2.07. The standard InChI is InChI=1S/C6H13NO2.C6H10O3/c2*1-4(2)3-5(7)6(8)9/h4-5H,3,7H2,1-2H3,(H,8,9);4H,3H2,1-2H3,(H,8,9). The van der Waals surface area contributed by atoms with Crippen molar-refractivity contribution in [1.29, 1.82) is 0 Å². The Morgan fingerprint density at radius 1 is 1.00 bits per heavy atom. The van der Waals surface area contributed by atoms with E-state index in [0.717, 1.165) is 0 Å².